The second-order valence-electron chi connectivity index (χ2n) is 4.85. The maximum Gasteiger partial charge on any atom is 0.120 e. The minimum absolute atomic E-state index is 0.606. The maximum atomic E-state index is 10.5. The van der Waals surface area contributed by atoms with Crippen LogP contribution >= 0.6 is 0 Å². The first kappa shape index (κ1) is 12.3. The Morgan fingerprint density at radius 3 is 2.82 bits per heavy atom. The Morgan fingerprint density at radius 2 is 2.06 bits per heavy atom. The van der Waals surface area contributed by atoms with Crippen molar-refractivity contribution in [3.63, 3.8) is 0 Å². The Kier molecular flexibility index (Phi) is 4.75. The van der Waals surface area contributed by atoms with Crippen LogP contribution in [-0.2, 0) is 11.3 Å². The van der Waals surface area contributed by atoms with E-state index in [-0.39, 0.29) is 0 Å². The SMILES string of the molecule is O=CCC[C@@H]1CCCCN1Cc1ccccc1. The normalized spacial score (nSPS) is 21.3. The van der Waals surface area contributed by atoms with Gasteiger partial charge in [-0.2, -0.15) is 0 Å². The Balaban J connectivity index is 1.94. The van der Waals surface area contributed by atoms with Crippen molar-refractivity contribution in [1.29, 1.82) is 0 Å². The molecule has 1 atom stereocenters. The van der Waals surface area contributed by atoms with Gasteiger partial charge in [0.1, 0.15) is 6.29 Å². The van der Waals surface area contributed by atoms with Gasteiger partial charge < -0.3 is 4.79 Å². The summed E-state index contributed by atoms with van der Waals surface area (Å²) in [5.74, 6) is 0. The lowest BCUT2D eigenvalue weighted by atomic mass is 9.97. The zero-order valence-electron chi connectivity index (χ0n) is 10.3. The first-order valence-electron chi connectivity index (χ1n) is 6.62. The Bertz CT molecular complexity index is 336. The number of rotatable bonds is 5. The van der Waals surface area contributed by atoms with Crippen LogP contribution in [-0.4, -0.2) is 23.8 Å². The molecule has 2 rings (SSSR count). The van der Waals surface area contributed by atoms with Gasteiger partial charge >= 0.3 is 0 Å². The second-order valence-corrected chi connectivity index (χ2v) is 4.85. The fourth-order valence-electron chi connectivity index (χ4n) is 2.67. The molecule has 1 fully saturated rings. The van der Waals surface area contributed by atoms with Gasteiger partial charge in [0.15, 0.2) is 0 Å². The zero-order valence-corrected chi connectivity index (χ0v) is 10.3. The van der Waals surface area contributed by atoms with Crippen molar-refractivity contribution >= 4 is 6.29 Å². The number of hydrogen-bond acceptors (Lipinski definition) is 2. The summed E-state index contributed by atoms with van der Waals surface area (Å²) in [6.07, 6.45) is 6.64. The standard InChI is InChI=1S/C15H21NO/c17-12-6-10-15-9-4-5-11-16(15)13-14-7-2-1-3-8-14/h1-3,7-8,12,15H,4-6,9-11,13H2/t15-/m0/s1. The average molecular weight is 231 g/mol. The van der Waals surface area contributed by atoms with E-state index in [1.165, 1.54) is 31.4 Å². The summed E-state index contributed by atoms with van der Waals surface area (Å²) in [7, 11) is 0. The highest BCUT2D eigenvalue weighted by Gasteiger charge is 2.21. The highest BCUT2D eigenvalue weighted by Crippen LogP contribution is 2.22. The van der Waals surface area contributed by atoms with E-state index in [1.54, 1.807) is 0 Å². The summed E-state index contributed by atoms with van der Waals surface area (Å²) in [5.41, 5.74) is 1.38. The van der Waals surface area contributed by atoms with Gasteiger partial charge in [-0.15, -0.1) is 0 Å². The Labute approximate surface area is 104 Å². The first-order valence-corrected chi connectivity index (χ1v) is 6.62. The minimum atomic E-state index is 0.606. The molecule has 0 bridgehead atoms. The van der Waals surface area contributed by atoms with Crippen molar-refractivity contribution in [3.05, 3.63) is 35.9 Å². The van der Waals surface area contributed by atoms with E-state index in [4.69, 9.17) is 0 Å². The van der Waals surface area contributed by atoms with Gasteiger partial charge in [-0.25, -0.2) is 0 Å². The topological polar surface area (TPSA) is 20.3 Å². The van der Waals surface area contributed by atoms with E-state index in [1.807, 2.05) is 0 Å². The van der Waals surface area contributed by atoms with E-state index in [9.17, 15) is 4.79 Å². The van der Waals surface area contributed by atoms with Crippen molar-refractivity contribution in [1.82, 2.24) is 4.90 Å². The number of benzene rings is 1. The molecule has 0 unspecified atom stereocenters. The fraction of sp³-hybridized carbons (Fsp3) is 0.533. The Morgan fingerprint density at radius 1 is 1.24 bits per heavy atom. The van der Waals surface area contributed by atoms with E-state index < -0.39 is 0 Å². The smallest absolute Gasteiger partial charge is 0.120 e. The van der Waals surface area contributed by atoms with Crippen molar-refractivity contribution in [3.8, 4) is 0 Å². The van der Waals surface area contributed by atoms with Gasteiger partial charge in [0.05, 0.1) is 0 Å². The molecule has 92 valence electrons. The average Bonchev–Trinajstić information content (AvgIpc) is 2.39. The lowest BCUT2D eigenvalue weighted by molar-refractivity contribution is -0.108. The summed E-state index contributed by atoms with van der Waals surface area (Å²) in [4.78, 5) is 13.0. The third-order valence-electron chi connectivity index (χ3n) is 3.60. The first-order chi connectivity index (χ1) is 8.40. The number of likely N-dealkylation sites (tertiary alicyclic amines) is 1. The number of carbonyl (C=O) groups excluding carboxylic acids is 1. The van der Waals surface area contributed by atoms with E-state index in [2.05, 4.69) is 35.2 Å². The van der Waals surface area contributed by atoms with Crippen LogP contribution in [0, 0.1) is 0 Å². The summed E-state index contributed by atoms with van der Waals surface area (Å²) in [5, 5.41) is 0. The van der Waals surface area contributed by atoms with Crippen LogP contribution < -0.4 is 0 Å². The molecular weight excluding hydrogens is 210 g/mol. The predicted octanol–water partition coefficient (Wildman–Crippen LogP) is 3.02. The number of hydrogen-bond donors (Lipinski definition) is 0. The van der Waals surface area contributed by atoms with Gasteiger partial charge in [-0.05, 0) is 31.4 Å². The van der Waals surface area contributed by atoms with Crippen LogP contribution in [0.1, 0.15) is 37.7 Å². The maximum absolute atomic E-state index is 10.5. The molecule has 0 spiro atoms. The van der Waals surface area contributed by atoms with Crippen molar-refractivity contribution in [2.24, 2.45) is 0 Å². The van der Waals surface area contributed by atoms with Gasteiger partial charge in [0, 0.05) is 19.0 Å². The third kappa shape index (κ3) is 3.67. The molecule has 2 heteroatoms. The molecule has 0 N–H and O–H groups in total. The summed E-state index contributed by atoms with van der Waals surface area (Å²) >= 11 is 0. The van der Waals surface area contributed by atoms with Crippen LogP contribution in [0.4, 0.5) is 0 Å². The highest BCUT2D eigenvalue weighted by atomic mass is 16.1. The molecular formula is C15H21NO. The van der Waals surface area contributed by atoms with E-state index >= 15 is 0 Å². The highest BCUT2D eigenvalue weighted by molar-refractivity contribution is 5.49. The largest absolute Gasteiger partial charge is 0.303 e. The number of carbonyl (C=O) groups is 1. The molecule has 2 nitrogen and oxygen atoms in total. The lowest BCUT2D eigenvalue weighted by Crippen LogP contribution is -2.38. The molecule has 1 aliphatic heterocycles. The number of nitrogens with zero attached hydrogens (tertiary/aromatic N) is 1. The predicted molar refractivity (Wildman–Crippen MR) is 69.8 cm³/mol. The lowest BCUT2D eigenvalue weighted by Gasteiger charge is -2.35. The molecule has 1 saturated heterocycles. The van der Waals surface area contributed by atoms with Crippen molar-refractivity contribution in [2.75, 3.05) is 6.54 Å². The molecule has 0 aromatic heterocycles. The van der Waals surface area contributed by atoms with E-state index in [0.29, 0.717) is 12.5 Å². The molecule has 1 aromatic rings. The van der Waals surface area contributed by atoms with Crippen LogP contribution in [0.15, 0.2) is 30.3 Å². The molecule has 1 aliphatic rings. The number of piperidine rings is 1. The molecule has 0 radical (unpaired) electrons. The summed E-state index contributed by atoms with van der Waals surface area (Å²) < 4.78 is 0. The zero-order chi connectivity index (χ0) is 11.9. The van der Waals surface area contributed by atoms with Crippen molar-refractivity contribution in [2.45, 2.75) is 44.7 Å². The van der Waals surface area contributed by atoms with E-state index in [0.717, 1.165) is 19.3 Å². The molecule has 0 saturated carbocycles. The van der Waals surface area contributed by atoms with Gasteiger partial charge in [-0.1, -0.05) is 36.8 Å². The van der Waals surface area contributed by atoms with Crippen molar-refractivity contribution < 1.29 is 4.79 Å². The van der Waals surface area contributed by atoms with Crippen LogP contribution in [0.2, 0.25) is 0 Å². The summed E-state index contributed by atoms with van der Waals surface area (Å²) in [6, 6.07) is 11.2. The molecule has 1 heterocycles. The van der Waals surface area contributed by atoms with Crippen LogP contribution in [0.5, 0.6) is 0 Å². The minimum Gasteiger partial charge on any atom is -0.303 e. The number of aldehydes is 1. The molecule has 1 aromatic carbocycles. The quantitative estimate of drug-likeness (QED) is 0.726. The van der Waals surface area contributed by atoms with Gasteiger partial charge in [0.25, 0.3) is 0 Å². The fourth-order valence-corrected chi connectivity index (χ4v) is 2.67. The third-order valence-corrected chi connectivity index (χ3v) is 3.60. The summed E-state index contributed by atoms with van der Waals surface area (Å²) in [6.45, 7) is 2.21. The Hall–Kier alpha value is -1.15. The molecule has 17 heavy (non-hydrogen) atoms. The molecule has 0 amide bonds. The monoisotopic (exact) mass is 231 g/mol. The molecule has 0 aliphatic carbocycles. The van der Waals surface area contributed by atoms with Gasteiger partial charge in [-0.3, -0.25) is 4.90 Å². The van der Waals surface area contributed by atoms with Gasteiger partial charge in [0.2, 0.25) is 0 Å². The van der Waals surface area contributed by atoms with Crippen LogP contribution in [0.3, 0.4) is 0 Å². The second kappa shape index (κ2) is 6.55. The van der Waals surface area contributed by atoms with Crippen LogP contribution in [0.25, 0.3) is 0 Å².